The van der Waals surface area contributed by atoms with E-state index in [4.69, 9.17) is 0 Å². The fourth-order valence-corrected chi connectivity index (χ4v) is 3.00. The summed E-state index contributed by atoms with van der Waals surface area (Å²) in [6.07, 6.45) is 8.19. The Morgan fingerprint density at radius 3 is 2.47 bits per heavy atom. The summed E-state index contributed by atoms with van der Waals surface area (Å²) in [5.41, 5.74) is -0.773. The molecule has 2 N–H and O–H groups in total. The average molecular weight is 270 g/mol. The fourth-order valence-electron chi connectivity index (χ4n) is 3.00. The largest absolute Gasteiger partial charge is 0.480 e. The number of unbranched alkanes of at least 4 members (excludes halogenated alkanes) is 1. The molecule has 0 heterocycles. The minimum atomic E-state index is -0.773. The van der Waals surface area contributed by atoms with Gasteiger partial charge in [-0.15, -0.1) is 0 Å². The molecule has 1 rings (SSSR count). The summed E-state index contributed by atoms with van der Waals surface area (Å²) in [5.74, 6) is -0.752. The van der Waals surface area contributed by atoms with E-state index < -0.39 is 11.5 Å². The second-order valence-electron chi connectivity index (χ2n) is 5.91. The molecule has 19 heavy (non-hydrogen) atoms. The second kappa shape index (κ2) is 7.85. The molecule has 112 valence electrons. The predicted octanol–water partition coefficient (Wildman–Crippen LogP) is 2.48. The number of nitrogens with one attached hydrogen (secondary N) is 1. The average Bonchev–Trinajstić information content (AvgIpc) is 2.92. The van der Waals surface area contributed by atoms with Crippen LogP contribution < -0.4 is 5.32 Å². The molecule has 0 amide bonds. The van der Waals surface area contributed by atoms with E-state index >= 15 is 0 Å². The summed E-state index contributed by atoms with van der Waals surface area (Å²) in [6.45, 7) is 6.23. The highest BCUT2D eigenvalue weighted by molar-refractivity contribution is 5.78. The first kappa shape index (κ1) is 16.4. The Balaban J connectivity index is 2.26. The molecule has 0 radical (unpaired) electrons. The number of aliphatic carboxylic acids is 1. The van der Waals surface area contributed by atoms with Crippen LogP contribution in [0, 0.1) is 0 Å². The molecular weight excluding hydrogens is 240 g/mol. The highest BCUT2D eigenvalue weighted by Gasteiger charge is 2.30. The molecule has 4 heteroatoms. The molecular formula is C15H30N2O2. The first-order chi connectivity index (χ1) is 9.03. The van der Waals surface area contributed by atoms with E-state index in [2.05, 4.69) is 17.1 Å². The molecule has 1 unspecified atom stereocenters. The van der Waals surface area contributed by atoms with Crippen LogP contribution in [0.1, 0.15) is 58.8 Å². The second-order valence-corrected chi connectivity index (χ2v) is 5.91. The van der Waals surface area contributed by atoms with Crippen molar-refractivity contribution in [2.45, 2.75) is 70.4 Å². The molecule has 0 aromatic rings. The van der Waals surface area contributed by atoms with Crippen LogP contribution in [-0.2, 0) is 4.79 Å². The van der Waals surface area contributed by atoms with E-state index in [1.807, 2.05) is 0 Å². The van der Waals surface area contributed by atoms with Gasteiger partial charge in [0.05, 0.1) is 0 Å². The van der Waals surface area contributed by atoms with Crippen LogP contribution in [-0.4, -0.2) is 47.7 Å². The Morgan fingerprint density at radius 2 is 2.00 bits per heavy atom. The molecule has 0 aromatic heterocycles. The van der Waals surface area contributed by atoms with E-state index in [1.165, 1.54) is 25.7 Å². The van der Waals surface area contributed by atoms with Gasteiger partial charge in [0.15, 0.2) is 0 Å². The lowest BCUT2D eigenvalue weighted by Gasteiger charge is -2.28. The molecule has 1 atom stereocenters. The van der Waals surface area contributed by atoms with Crippen molar-refractivity contribution in [1.29, 1.82) is 0 Å². The van der Waals surface area contributed by atoms with Gasteiger partial charge in [-0.1, -0.05) is 19.8 Å². The van der Waals surface area contributed by atoms with Crippen LogP contribution in [0.2, 0.25) is 0 Å². The SMILES string of the molecule is CCN(CCCCC(C)(NC)C(=O)O)C1CCCC1. The topological polar surface area (TPSA) is 52.6 Å². The number of carboxylic acid groups (broad SMARTS) is 1. The van der Waals surface area contributed by atoms with Gasteiger partial charge < -0.3 is 15.3 Å². The van der Waals surface area contributed by atoms with Crippen LogP contribution in [0.5, 0.6) is 0 Å². The normalized spacial score (nSPS) is 19.8. The number of hydrogen-bond acceptors (Lipinski definition) is 3. The number of hydrogen-bond donors (Lipinski definition) is 2. The minimum absolute atomic E-state index is 0.695. The summed E-state index contributed by atoms with van der Waals surface area (Å²) < 4.78 is 0. The van der Waals surface area contributed by atoms with Crippen LogP contribution in [0.4, 0.5) is 0 Å². The maximum atomic E-state index is 11.2. The molecule has 0 aromatic carbocycles. The molecule has 0 saturated heterocycles. The number of nitrogens with zero attached hydrogens (tertiary/aromatic N) is 1. The lowest BCUT2D eigenvalue weighted by Crippen LogP contribution is -2.47. The predicted molar refractivity (Wildman–Crippen MR) is 78.5 cm³/mol. The van der Waals surface area contributed by atoms with Crippen LogP contribution >= 0.6 is 0 Å². The van der Waals surface area contributed by atoms with Crippen LogP contribution in [0.25, 0.3) is 0 Å². The first-order valence-electron chi connectivity index (χ1n) is 7.70. The van der Waals surface area contributed by atoms with Gasteiger partial charge in [0.1, 0.15) is 5.54 Å². The number of carboxylic acids is 1. The van der Waals surface area contributed by atoms with Crippen molar-refractivity contribution < 1.29 is 9.90 Å². The van der Waals surface area contributed by atoms with Crippen molar-refractivity contribution >= 4 is 5.97 Å². The molecule has 1 fully saturated rings. The third kappa shape index (κ3) is 4.77. The molecule has 4 nitrogen and oxygen atoms in total. The lowest BCUT2D eigenvalue weighted by atomic mass is 9.95. The van der Waals surface area contributed by atoms with E-state index in [9.17, 15) is 9.90 Å². The van der Waals surface area contributed by atoms with Crippen molar-refractivity contribution in [3.05, 3.63) is 0 Å². The quantitative estimate of drug-likeness (QED) is 0.632. The third-order valence-corrected chi connectivity index (χ3v) is 4.64. The molecule has 1 aliphatic rings. The van der Waals surface area contributed by atoms with Crippen LogP contribution in [0.15, 0.2) is 0 Å². The van der Waals surface area contributed by atoms with Gasteiger partial charge in [-0.05, 0) is 59.2 Å². The van der Waals surface area contributed by atoms with Gasteiger partial charge in [-0.2, -0.15) is 0 Å². The summed E-state index contributed by atoms with van der Waals surface area (Å²) in [7, 11) is 1.73. The zero-order valence-electron chi connectivity index (χ0n) is 12.7. The van der Waals surface area contributed by atoms with E-state index in [-0.39, 0.29) is 0 Å². The molecule has 1 saturated carbocycles. The number of likely N-dealkylation sites (N-methyl/N-ethyl adjacent to an activating group) is 1. The van der Waals surface area contributed by atoms with E-state index in [0.29, 0.717) is 6.42 Å². The van der Waals surface area contributed by atoms with Gasteiger partial charge in [-0.3, -0.25) is 4.79 Å². The maximum absolute atomic E-state index is 11.2. The summed E-state index contributed by atoms with van der Waals surface area (Å²) >= 11 is 0. The summed E-state index contributed by atoms with van der Waals surface area (Å²) in [6, 6.07) is 0.778. The first-order valence-corrected chi connectivity index (χ1v) is 7.70. The highest BCUT2D eigenvalue weighted by atomic mass is 16.4. The van der Waals surface area contributed by atoms with Crippen molar-refractivity contribution in [3.63, 3.8) is 0 Å². The smallest absolute Gasteiger partial charge is 0.323 e. The van der Waals surface area contributed by atoms with Crippen molar-refractivity contribution in [2.24, 2.45) is 0 Å². The van der Waals surface area contributed by atoms with Gasteiger partial charge in [0, 0.05) is 6.04 Å². The van der Waals surface area contributed by atoms with Crippen molar-refractivity contribution in [1.82, 2.24) is 10.2 Å². The van der Waals surface area contributed by atoms with Crippen molar-refractivity contribution in [3.8, 4) is 0 Å². The molecule has 1 aliphatic carbocycles. The van der Waals surface area contributed by atoms with Gasteiger partial charge in [0.25, 0.3) is 0 Å². The minimum Gasteiger partial charge on any atom is -0.480 e. The molecule has 0 spiro atoms. The van der Waals surface area contributed by atoms with Gasteiger partial charge >= 0.3 is 5.97 Å². The zero-order chi connectivity index (χ0) is 14.3. The van der Waals surface area contributed by atoms with Gasteiger partial charge in [-0.25, -0.2) is 0 Å². The molecule has 0 aliphatic heterocycles. The Morgan fingerprint density at radius 1 is 1.37 bits per heavy atom. The van der Waals surface area contributed by atoms with Gasteiger partial charge in [0.2, 0.25) is 0 Å². The summed E-state index contributed by atoms with van der Waals surface area (Å²) in [4.78, 5) is 13.7. The number of rotatable bonds is 9. The Bertz CT molecular complexity index is 277. The van der Waals surface area contributed by atoms with Crippen LogP contribution in [0.3, 0.4) is 0 Å². The number of carbonyl (C=O) groups is 1. The van der Waals surface area contributed by atoms with Crippen molar-refractivity contribution in [2.75, 3.05) is 20.1 Å². The molecule has 0 bridgehead atoms. The Labute approximate surface area is 117 Å². The standard InChI is InChI=1S/C15H30N2O2/c1-4-17(13-9-5-6-10-13)12-8-7-11-15(2,16-3)14(18)19/h13,16H,4-12H2,1-3H3,(H,18,19). The third-order valence-electron chi connectivity index (χ3n) is 4.64. The summed E-state index contributed by atoms with van der Waals surface area (Å²) in [5, 5.41) is 12.1. The monoisotopic (exact) mass is 270 g/mol. The van der Waals surface area contributed by atoms with E-state index in [0.717, 1.165) is 32.0 Å². The fraction of sp³-hybridized carbons (Fsp3) is 0.933. The maximum Gasteiger partial charge on any atom is 0.323 e. The lowest BCUT2D eigenvalue weighted by molar-refractivity contribution is -0.144. The van der Waals surface area contributed by atoms with E-state index in [1.54, 1.807) is 14.0 Å². The Kier molecular flexibility index (Phi) is 6.80. The Hall–Kier alpha value is -0.610. The zero-order valence-corrected chi connectivity index (χ0v) is 12.7. The highest BCUT2D eigenvalue weighted by Crippen LogP contribution is 2.24.